The number of nitrogens with zero attached hydrogens (tertiary/aromatic N) is 6. The third-order valence-electron chi connectivity index (χ3n) is 16.3. The number of nitrogens with one attached hydrogen (secondary N) is 2. The maximum absolute atomic E-state index is 15.1. The summed E-state index contributed by atoms with van der Waals surface area (Å²) >= 11 is 0. The number of hydrogen-bond donors (Lipinski definition) is 4. The second-order valence-corrected chi connectivity index (χ2v) is 36.8. The van der Waals surface area contributed by atoms with Crippen molar-refractivity contribution in [1.29, 1.82) is 0 Å². The van der Waals surface area contributed by atoms with Gasteiger partial charge in [0, 0.05) is 86.8 Å². The van der Waals surface area contributed by atoms with Crippen molar-refractivity contribution in [3.8, 4) is 0 Å². The van der Waals surface area contributed by atoms with Gasteiger partial charge in [0.1, 0.15) is 65.3 Å². The summed E-state index contributed by atoms with van der Waals surface area (Å²) in [5, 5.41) is 20.9. The smallest absolute Gasteiger partial charge is 0.335 e. The van der Waals surface area contributed by atoms with E-state index in [9.17, 15) is 70.2 Å². The van der Waals surface area contributed by atoms with Gasteiger partial charge in [-0.15, -0.1) is 0 Å². The molecule has 1 aromatic carbocycles. The van der Waals surface area contributed by atoms with Crippen LogP contribution in [0.5, 0.6) is 0 Å². The van der Waals surface area contributed by atoms with E-state index in [2.05, 4.69) is 14.8 Å². The van der Waals surface area contributed by atoms with Crippen molar-refractivity contribution in [3.05, 3.63) is 145 Å². The summed E-state index contributed by atoms with van der Waals surface area (Å²) < 4.78 is 175. The molecule has 0 spiro atoms. The van der Waals surface area contributed by atoms with Crippen molar-refractivity contribution in [2.45, 2.75) is 185 Å². The second kappa shape index (κ2) is 33.0. The first kappa shape index (κ1) is 81.7. The predicted molar refractivity (Wildman–Crippen MR) is 346 cm³/mol. The monoisotopic (exact) mass is 1450 g/mol. The molecule has 3 aliphatic rings. The number of benzene rings is 1. The van der Waals surface area contributed by atoms with Gasteiger partial charge in [0.05, 0.1) is 24.9 Å². The maximum Gasteiger partial charge on any atom is 0.335 e. The fourth-order valence-electron chi connectivity index (χ4n) is 10.4. The Hall–Kier alpha value is -4.99. The van der Waals surface area contributed by atoms with E-state index in [1.165, 1.54) is 60.5 Å². The Morgan fingerprint density at radius 3 is 1.54 bits per heavy atom. The molecule has 27 nitrogen and oxygen atoms in total. The molecule has 4 N–H and O–H groups in total. The summed E-state index contributed by atoms with van der Waals surface area (Å²) in [4.78, 5) is 81.2. The number of hydrogen-bond acceptors (Lipinski definition) is 20. The Balaban J connectivity index is 0.000000266. The zero-order valence-corrected chi connectivity index (χ0v) is 59.8. The number of aromatic amines is 2. The summed E-state index contributed by atoms with van der Waals surface area (Å²) in [7, 11) is -10.7. The molecule has 6 heterocycles. The van der Waals surface area contributed by atoms with Crippen LogP contribution in [0.15, 0.2) is 77.7 Å². The molecule has 1 unspecified atom stereocenters. The van der Waals surface area contributed by atoms with E-state index in [0.717, 1.165) is 63.8 Å². The lowest BCUT2D eigenvalue weighted by Gasteiger charge is -2.38. The lowest BCUT2D eigenvalue weighted by Crippen LogP contribution is -2.44. The highest BCUT2D eigenvalue weighted by atomic mass is 31.2. The quantitative estimate of drug-likeness (QED) is 0.0202. The number of rotatable bonds is 26. The average Bonchev–Trinajstić information content (AvgIpc) is 1.53. The van der Waals surface area contributed by atoms with Crippen LogP contribution in [0.1, 0.15) is 94.8 Å². The molecular formula is C59H88F6N8O19P4. The highest BCUT2D eigenvalue weighted by Gasteiger charge is 2.57. The van der Waals surface area contributed by atoms with E-state index >= 15 is 8.78 Å². The van der Waals surface area contributed by atoms with E-state index < -0.39 is 173 Å². The number of alkyl halides is 6. The molecule has 37 heteroatoms. The lowest BCUT2D eigenvalue weighted by molar-refractivity contribution is -0.0703. The molecule has 7 rings (SSSR count). The van der Waals surface area contributed by atoms with Gasteiger partial charge < -0.3 is 66.2 Å². The molecule has 3 saturated heterocycles. The van der Waals surface area contributed by atoms with Gasteiger partial charge in [-0.1, -0.05) is 37.3 Å². The van der Waals surface area contributed by atoms with Crippen molar-refractivity contribution in [2.24, 2.45) is 5.92 Å². The first-order chi connectivity index (χ1) is 44.3. The molecule has 0 aliphatic carbocycles. The Bertz CT molecular complexity index is 3860. The van der Waals surface area contributed by atoms with Gasteiger partial charge in [-0.05, 0) is 94.0 Å². The minimum atomic E-state index is -3.89. The van der Waals surface area contributed by atoms with Gasteiger partial charge in [-0.3, -0.25) is 38.1 Å². The minimum absolute atomic E-state index is 0.0539. The molecule has 0 bridgehead atoms. The molecule has 0 amide bonds. The Morgan fingerprint density at radius 1 is 0.646 bits per heavy atom. The summed E-state index contributed by atoms with van der Waals surface area (Å²) in [6, 6.07) is 9.06. The van der Waals surface area contributed by atoms with Crippen LogP contribution in [-0.2, 0) is 64.5 Å². The van der Waals surface area contributed by atoms with Crippen LogP contribution in [0.2, 0.25) is 0 Å². The van der Waals surface area contributed by atoms with E-state index in [1.54, 1.807) is 0 Å². The van der Waals surface area contributed by atoms with Crippen molar-refractivity contribution < 1.29 is 87.7 Å². The van der Waals surface area contributed by atoms with Crippen LogP contribution in [0, 0.1) is 33.3 Å². The van der Waals surface area contributed by atoms with Crippen LogP contribution in [0.25, 0.3) is 4.85 Å². The van der Waals surface area contributed by atoms with Crippen LogP contribution < -0.4 is 33.7 Å². The van der Waals surface area contributed by atoms with E-state index in [1.807, 2.05) is 62.7 Å². The maximum atomic E-state index is 15.1. The largest absolute Gasteiger partial charge is 0.388 e. The van der Waals surface area contributed by atoms with E-state index in [0.29, 0.717) is 0 Å². The molecular weight excluding hydrogens is 1360 g/mol. The molecule has 13 atom stereocenters. The van der Waals surface area contributed by atoms with Crippen LogP contribution >= 0.6 is 30.0 Å². The molecule has 3 aromatic heterocycles. The topological polar surface area (TPSA) is 327 Å². The summed E-state index contributed by atoms with van der Waals surface area (Å²) in [6.45, 7) is 26.6. The normalized spacial score (nSPS) is 24.6. The van der Waals surface area contributed by atoms with Crippen molar-refractivity contribution >= 4 is 30.0 Å². The molecule has 3 aliphatic heterocycles. The van der Waals surface area contributed by atoms with Crippen molar-refractivity contribution in [3.63, 3.8) is 0 Å². The fraction of sp³-hybridized carbons (Fsp3) is 0.678. The van der Waals surface area contributed by atoms with Gasteiger partial charge in [-0.2, -0.15) is 26.3 Å². The van der Waals surface area contributed by atoms with Gasteiger partial charge >= 0.3 is 17.1 Å². The predicted octanol–water partition coefficient (Wildman–Crippen LogP) is 7.75. The summed E-state index contributed by atoms with van der Waals surface area (Å²) in [6.07, 6.45) is -12.8. The molecule has 96 heavy (non-hydrogen) atoms. The number of methoxy groups -OCH3 is 2. The Kier molecular flexibility index (Phi) is 28.1. The summed E-state index contributed by atoms with van der Waals surface area (Å²) in [5.74, 6) is -0.755. The highest BCUT2D eigenvalue weighted by molar-refractivity contribution is 7.64. The lowest BCUT2D eigenvalue weighted by atomic mass is 9.98. The molecule has 0 radical (unpaired) electrons. The first-order valence-electron chi connectivity index (χ1n) is 30.2. The van der Waals surface area contributed by atoms with Crippen LogP contribution in [0.4, 0.5) is 26.3 Å². The van der Waals surface area contributed by atoms with E-state index in [-0.39, 0.29) is 55.3 Å². The number of ether oxygens (including phenoxy) is 6. The number of H-pyrrole nitrogens is 2. The molecule has 3 fully saturated rings. The number of aliphatic hydroxyl groups is 2. The first-order valence-corrected chi connectivity index (χ1v) is 39.2. The molecule has 4 aromatic rings. The Labute approximate surface area is 551 Å². The molecule has 540 valence electrons. The zero-order chi connectivity index (χ0) is 72.7. The standard InChI is InChI=1S/C23H38F2N4O7P2.C22H29F2N2O6P.C14H21F2N2O6P/c1-14(2)29(15(3)4)37(34-11-10-26-6)36-18-17(12-23(24,25)38(8,9)32)35-21(19(18)33-7)28-13-16(5)20(30)27-22(28)31;1-14-11-25(20-18(27)15(2)17(32-20)10-22(23,24)33(3,4)30)21(29)26(19(14)28)13-31-12-16-8-6-5-7-9-16;1-7-6-18(13(21)17-11(7)20)12-10(23-2)9(19)8(24-12)5-14(15,16)25(3,4)22/h13-15,17-19,21H,10-12H2,1-5,7-9H3,(H,27,30,31);5-9,11,15,17-18,20,27H,10,12-13H2,1-4H3;6,8-10,12,19H,5H2,1-4H3,(H,17,20,21)/t17-,18-,19-,21-,37?;15-,17-,18-,20-;8-,9-,10-,12-/m111/s1. The number of aryl methyl sites for hydroxylation is 3. The SMILES string of the molecule is CO[C@@H]1[C@H](O)[C@@H](CC(F)(F)P(C)(C)=O)O[C@H]1n1cc(C)c(=O)[nH]c1=O.Cc1cn([C@@H]2O[C@H](CC(F)(F)P(C)(C)=O)[C@@H](C)[C@H]2O)c(=O)n(COCc2ccccc2)c1=O.[C-]#[N+]CCOP(O[C@H]1[C@@H](OC)[C@H](n2cc(C)c(=O)[nH]c2=O)O[C@@H]1CC(F)(F)P(C)(C)=O)N(C(C)C)C(C)C. The van der Waals surface area contributed by atoms with E-state index in [4.69, 9.17) is 44.0 Å². The zero-order valence-electron chi connectivity index (χ0n) is 56.2. The van der Waals surface area contributed by atoms with Gasteiger partial charge in [-0.25, -0.2) is 30.2 Å². The van der Waals surface area contributed by atoms with Gasteiger partial charge in [0.2, 0.25) is 6.54 Å². The fourth-order valence-corrected chi connectivity index (χ4v) is 14.0. The van der Waals surface area contributed by atoms with Crippen molar-refractivity contribution in [2.75, 3.05) is 67.4 Å². The molecule has 0 saturated carbocycles. The third-order valence-corrected chi connectivity index (χ3v) is 23.7. The van der Waals surface area contributed by atoms with Crippen LogP contribution in [-0.4, -0.2) is 188 Å². The third kappa shape index (κ3) is 19.5. The highest BCUT2D eigenvalue weighted by Crippen LogP contribution is 2.60. The number of aliphatic hydroxyl groups excluding tert-OH is 2. The average molecular weight is 1450 g/mol. The van der Waals surface area contributed by atoms with Crippen molar-refractivity contribution in [1.82, 2.24) is 32.9 Å². The number of halogens is 6. The van der Waals surface area contributed by atoms with Gasteiger partial charge in [0.15, 0.2) is 18.7 Å². The number of aromatic nitrogens is 6. The summed E-state index contributed by atoms with van der Waals surface area (Å²) in [5.41, 5.74) is -13.3. The van der Waals surface area contributed by atoms with Gasteiger partial charge in [0.25, 0.3) is 42.2 Å². The van der Waals surface area contributed by atoms with Crippen LogP contribution in [0.3, 0.4) is 0 Å². The Morgan fingerprint density at radius 2 is 1.08 bits per heavy atom. The minimum Gasteiger partial charge on any atom is -0.388 e. The second-order valence-electron chi connectivity index (χ2n) is 25.3.